The van der Waals surface area contributed by atoms with E-state index in [-0.39, 0.29) is 37.3 Å². The highest BCUT2D eigenvalue weighted by atomic mass is 16.5. The number of carbonyl (C=O) groups is 2. The van der Waals surface area contributed by atoms with Crippen LogP contribution >= 0.6 is 0 Å². The minimum Gasteiger partial charge on any atom is -0.490 e. The number of rotatable bonds is 5. The van der Waals surface area contributed by atoms with Crippen LogP contribution in [0.1, 0.15) is 19.8 Å². The summed E-state index contributed by atoms with van der Waals surface area (Å²) in [6.07, 6.45) is 0.251. The summed E-state index contributed by atoms with van der Waals surface area (Å²) in [5.74, 6) is 0.361. The van der Waals surface area contributed by atoms with Gasteiger partial charge in [0.2, 0.25) is 11.8 Å². The SMILES string of the molecule is C[C@H](CO)NC(=O)CCC(=O)N1CCOc2ccccc21. The summed E-state index contributed by atoms with van der Waals surface area (Å²) in [5.41, 5.74) is 0.748. The van der Waals surface area contributed by atoms with E-state index in [4.69, 9.17) is 9.84 Å². The smallest absolute Gasteiger partial charge is 0.227 e. The molecule has 21 heavy (non-hydrogen) atoms. The molecular formula is C15H20N2O4. The molecule has 1 aliphatic rings. The van der Waals surface area contributed by atoms with Crippen molar-refractivity contribution in [2.75, 3.05) is 24.7 Å². The maximum Gasteiger partial charge on any atom is 0.227 e. The van der Waals surface area contributed by atoms with Gasteiger partial charge in [-0.05, 0) is 19.1 Å². The van der Waals surface area contributed by atoms with Crippen LogP contribution in [0.2, 0.25) is 0 Å². The Morgan fingerprint density at radius 1 is 1.38 bits per heavy atom. The van der Waals surface area contributed by atoms with Crippen LogP contribution in [-0.4, -0.2) is 42.7 Å². The molecule has 114 valence electrons. The lowest BCUT2D eigenvalue weighted by molar-refractivity contribution is -0.125. The lowest BCUT2D eigenvalue weighted by atomic mass is 10.2. The van der Waals surface area contributed by atoms with Gasteiger partial charge < -0.3 is 20.1 Å². The molecule has 0 radical (unpaired) electrons. The number of nitrogens with zero attached hydrogens (tertiary/aromatic N) is 1. The maximum atomic E-state index is 12.3. The molecule has 0 aliphatic carbocycles. The molecule has 0 aromatic heterocycles. The van der Waals surface area contributed by atoms with Gasteiger partial charge in [-0.1, -0.05) is 12.1 Å². The summed E-state index contributed by atoms with van der Waals surface area (Å²) in [5, 5.41) is 11.5. The van der Waals surface area contributed by atoms with Gasteiger partial charge in [0, 0.05) is 18.9 Å². The summed E-state index contributed by atoms with van der Waals surface area (Å²) >= 11 is 0. The zero-order valence-electron chi connectivity index (χ0n) is 12.0. The number of ether oxygens (including phenoxy) is 1. The molecule has 0 fully saturated rings. The molecule has 0 saturated carbocycles. The summed E-state index contributed by atoms with van der Waals surface area (Å²) in [7, 11) is 0. The van der Waals surface area contributed by atoms with Crippen LogP contribution in [0, 0.1) is 0 Å². The van der Waals surface area contributed by atoms with E-state index < -0.39 is 0 Å². The first-order valence-corrected chi connectivity index (χ1v) is 7.04. The van der Waals surface area contributed by atoms with Crippen LogP contribution in [0.4, 0.5) is 5.69 Å². The molecule has 0 spiro atoms. The van der Waals surface area contributed by atoms with E-state index in [0.717, 1.165) is 5.69 Å². The second-order valence-corrected chi connectivity index (χ2v) is 5.01. The van der Waals surface area contributed by atoms with Crippen molar-refractivity contribution in [3.8, 4) is 5.75 Å². The highest BCUT2D eigenvalue weighted by molar-refractivity contribution is 5.97. The third kappa shape index (κ3) is 3.95. The Balaban J connectivity index is 1.91. The van der Waals surface area contributed by atoms with Gasteiger partial charge in [-0.2, -0.15) is 0 Å². The molecule has 2 N–H and O–H groups in total. The molecular weight excluding hydrogens is 272 g/mol. The standard InChI is InChI=1S/C15H20N2O4/c1-11(10-18)16-14(19)6-7-15(20)17-8-9-21-13-5-3-2-4-12(13)17/h2-5,11,18H,6-10H2,1H3,(H,16,19)/t11-/m1/s1. The van der Waals surface area contributed by atoms with Crippen LogP contribution in [0.25, 0.3) is 0 Å². The van der Waals surface area contributed by atoms with Gasteiger partial charge in [-0.3, -0.25) is 9.59 Å². The molecule has 1 aliphatic heterocycles. The number of benzene rings is 1. The van der Waals surface area contributed by atoms with Crippen LogP contribution in [-0.2, 0) is 9.59 Å². The number of hydrogen-bond acceptors (Lipinski definition) is 4. The number of anilines is 1. The minimum absolute atomic E-state index is 0.0995. The van der Waals surface area contributed by atoms with E-state index in [1.54, 1.807) is 11.8 Å². The van der Waals surface area contributed by atoms with E-state index in [0.29, 0.717) is 18.9 Å². The van der Waals surface area contributed by atoms with Gasteiger partial charge in [0.1, 0.15) is 12.4 Å². The molecule has 0 unspecified atom stereocenters. The van der Waals surface area contributed by atoms with Gasteiger partial charge in [0.25, 0.3) is 0 Å². The van der Waals surface area contributed by atoms with E-state index in [1.165, 1.54) is 0 Å². The molecule has 1 heterocycles. The molecule has 1 aromatic rings. The zero-order valence-corrected chi connectivity index (χ0v) is 12.0. The van der Waals surface area contributed by atoms with Crippen molar-refractivity contribution >= 4 is 17.5 Å². The Kier molecular flexibility index (Phi) is 5.16. The highest BCUT2D eigenvalue weighted by Crippen LogP contribution is 2.31. The Labute approximate surface area is 123 Å². The van der Waals surface area contributed by atoms with Gasteiger partial charge in [-0.15, -0.1) is 0 Å². The predicted octanol–water partition coefficient (Wildman–Crippen LogP) is 0.689. The average Bonchev–Trinajstić information content (AvgIpc) is 2.51. The van der Waals surface area contributed by atoms with E-state index in [2.05, 4.69) is 5.32 Å². The molecule has 0 bridgehead atoms. The minimum atomic E-state index is -0.295. The maximum absolute atomic E-state index is 12.3. The first-order valence-electron chi connectivity index (χ1n) is 7.04. The van der Waals surface area contributed by atoms with E-state index in [9.17, 15) is 9.59 Å². The predicted molar refractivity (Wildman–Crippen MR) is 78.2 cm³/mol. The van der Waals surface area contributed by atoms with Gasteiger partial charge in [0.05, 0.1) is 18.8 Å². The van der Waals surface area contributed by atoms with Gasteiger partial charge in [0.15, 0.2) is 0 Å². The summed E-state index contributed by atoms with van der Waals surface area (Å²) in [4.78, 5) is 25.5. The largest absolute Gasteiger partial charge is 0.490 e. The van der Waals surface area contributed by atoms with Crippen molar-refractivity contribution < 1.29 is 19.4 Å². The number of amides is 2. The first-order chi connectivity index (χ1) is 10.1. The van der Waals surface area contributed by atoms with E-state index >= 15 is 0 Å². The number of nitrogens with one attached hydrogen (secondary N) is 1. The molecule has 0 saturated heterocycles. The topological polar surface area (TPSA) is 78.9 Å². The summed E-state index contributed by atoms with van der Waals surface area (Å²) in [6.45, 7) is 2.54. The second kappa shape index (κ2) is 7.08. The molecule has 1 atom stereocenters. The lowest BCUT2D eigenvalue weighted by Crippen LogP contribution is -2.39. The zero-order chi connectivity index (χ0) is 15.2. The quantitative estimate of drug-likeness (QED) is 0.837. The summed E-state index contributed by atoms with van der Waals surface area (Å²) in [6, 6.07) is 7.07. The van der Waals surface area contributed by atoms with Crippen LogP contribution < -0.4 is 15.0 Å². The fraction of sp³-hybridized carbons (Fsp3) is 0.467. The van der Waals surface area contributed by atoms with Crippen molar-refractivity contribution in [2.45, 2.75) is 25.8 Å². The molecule has 2 rings (SSSR count). The number of fused-ring (bicyclic) bond motifs is 1. The Morgan fingerprint density at radius 2 is 2.14 bits per heavy atom. The Morgan fingerprint density at radius 3 is 2.90 bits per heavy atom. The van der Waals surface area contributed by atoms with Crippen molar-refractivity contribution in [1.29, 1.82) is 0 Å². The van der Waals surface area contributed by atoms with Crippen molar-refractivity contribution in [3.63, 3.8) is 0 Å². The monoisotopic (exact) mass is 292 g/mol. The number of aliphatic hydroxyl groups is 1. The van der Waals surface area contributed by atoms with E-state index in [1.807, 2.05) is 24.3 Å². The molecule has 2 amide bonds. The second-order valence-electron chi connectivity index (χ2n) is 5.01. The first kappa shape index (κ1) is 15.3. The van der Waals surface area contributed by atoms with Crippen LogP contribution in [0.3, 0.4) is 0 Å². The fourth-order valence-electron chi connectivity index (χ4n) is 2.18. The molecule has 1 aromatic carbocycles. The van der Waals surface area contributed by atoms with Gasteiger partial charge in [-0.25, -0.2) is 0 Å². The van der Waals surface area contributed by atoms with Crippen LogP contribution in [0.5, 0.6) is 5.75 Å². The van der Waals surface area contributed by atoms with Crippen molar-refractivity contribution in [2.24, 2.45) is 0 Å². The average molecular weight is 292 g/mol. The third-order valence-corrected chi connectivity index (χ3v) is 3.28. The molecule has 6 heteroatoms. The van der Waals surface area contributed by atoms with Crippen LogP contribution in [0.15, 0.2) is 24.3 Å². The van der Waals surface area contributed by atoms with Crippen molar-refractivity contribution in [1.82, 2.24) is 5.32 Å². The highest BCUT2D eigenvalue weighted by Gasteiger charge is 2.23. The number of para-hydroxylation sites is 2. The third-order valence-electron chi connectivity index (χ3n) is 3.28. The Bertz CT molecular complexity index is 518. The fourth-order valence-corrected chi connectivity index (χ4v) is 2.18. The van der Waals surface area contributed by atoms with Crippen molar-refractivity contribution in [3.05, 3.63) is 24.3 Å². The lowest BCUT2D eigenvalue weighted by Gasteiger charge is -2.29. The normalized spacial score (nSPS) is 14.9. The Hall–Kier alpha value is -2.08. The number of carbonyl (C=O) groups excluding carboxylic acids is 2. The summed E-state index contributed by atoms with van der Waals surface area (Å²) < 4.78 is 5.50. The number of hydrogen-bond donors (Lipinski definition) is 2. The van der Waals surface area contributed by atoms with Gasteiger partial charge >= 0.3 is 0 Å². The molecule has 6 nitrogen and oxygen atoms in total. The number of aliphatic hydroxyl groups excluding tert-OH is 1.